The molecule has 3 aromatic rings. The number of carbonyl (C=O) groups excluding carboxylic acids is 3. The van der Waals surface area contributed by atoms with Crippen molar-refractivity contribution in [2.75, 3.05) is 0 Å². The quantitative estimate of drug-likeness (QED) is 0.369. The van der Waals surface area contributed by atoms with E-state index >= 15 is 0 Å². The summed E-state index contributed by atoms with van der Waals surface area (Å²) in [6.07, 6.45) is -7.17. The molecule has 1 aliphatic rings. The first-order valence-electron chi connectivity index (χ1n) is 11.6. The third-order valence-corrected chi connectivity index (χ3v) is 5.79. The van der Waals surface area contributed by atoms with E-state index < -0.39 is 48.3 Å². The van der Waals surface area contributed by atoms with Gasteiger partial charge in [-0.25, -0.2) is 4.79 Å². The molecule has 1 saturated heterocycles. The van der Waals surface area contributed by atoms with Crippen molar-refractivity contribution in [1.29, 1.82) is 0 Å². The molecule has 1 unspecified atom stereocenters. The van der Waals surface area contributed by atoms with Crippen LogP contribution in [-0.2, 0) is 20.9 Å². The summed E-state index contributed by atoms with van der Waals surface area (Å²) in [5.74, 6) is -3.92. The second-order valence-electron chi connectivity index (χ2n) is 8.46. The second kappa shape index (κ2) is 11.7. The van der Waals surface area contributed by atoms with Gasteiger partial charge in [-0.3, -0.25) is 9.59 Å². The minimum Gasteiger partial charge on any atom is -0.468 e. The predicted molar refractivity (Wildman–Crippen MR) is 130 cm³/mol. The smallest absolute Gasteiger partial charge is 0.408 e. The van der Waals surface area contributed by atoms with Gasteiger partial charge in [0.15, 0.2) is 6.04 Å². The van der Waals surface area contributed by atoms with Crippen molar-refractivity contribution in [2.24, 2.45) is 0 Å². The molecule has 3 aromatic carbocycles. The Bertz CT molecular complexity index is 1240. The Hall–Kier alpha value is -4.54. The molecule has 0 aliphatic carbocycles. The maximum absolute atomic E-state index is 14.3. The summed E-state index contributed by atoms with van der Waals surface area (Å²) in [5.41, 5.74) is 0.352. The van der Waals surface area contributed by atoms with E-state index in [1.54, 1.807) is 60.7 Å². The van der Waals surface area contributed by atoms with Crippen molar-refractivity contribution in [3.8, 4) is 5.75 Å². The lowest BCUT2D eigenvalue weighted by Gasteiger charge is -2.38. The number of carbonyl (C=O) groups is 3. The van der Waals surface area contributed by atoms with Crippen molar-refractivity contribution in [3.05, 3.63) is 102 Å². The molecule has 3 amide bonds. The Balaban J connectivity index is 1.54. The molecule has 0 aromatic heterocycles. The zero-order chi connectivity index (χ0) is 27.1. The summed E-state index contributed by atoms with van der Waals surface area (Å²) in [7, 11) is 0. The fourth-order valence-corrected chi connectivity index (χ4v) is 3.90. The molecule has 0 saturated carbocycles. The van der Waals surface area contributed by atoms with Crippen LogP contribution in [0.2, 0.25) is 0 Å². The van der Waals surface area contributed by atoms with Crippen LogP contribution in [0.3, 0.4) is 0 Å². The van der Waals surface area contributed by atoms with Crippen LogP contribution in [0.4, 0.5) is 18.0 Å². The van der Waals surface area contributed by atoms with Gasteiger partial charge < -0.3 is 25.4 Å². The molecule has 0 radical (unpaired) electrons. The molecule has 1 heterocycles. The Labute approximate surface area is 216 Å². The molecule has 4 rings (SSSR count). The predicted octanol–water partition coefficient (Wildman–Crippen LogP) is 3.65. The number of ether oxygens (including phenoxy) is 2. The van der Waals surface area contributed by atoms with Gasteiger partial charge in [0, 0.05) is 0 Å². The van der Waals surface area contributed by atoms with Gasteiger partial charge in [-0.1, -0.05) is 78.9 Å². The van der Waals surface area contributed by atoms with Gasteiger partial charge in [-0.15, -0.1) is 0 Å². The zero-order valence-corrected chi connectivity index (χ0v) is 19.9. The minimum absolute atomic E-state index is 0.221. The van der Waals surface area contributed by atoms with Crippen LogP contribution in [0.15, 0.2) is 91.0 Å². The Morgan fingerprint density at radius 1 is 0.895 bits per heavy atom. The van der Waals surface area contributed by atoms with E-state index in [0.29, 0.717) is 11.3 Å². The molecule has 198 valence electrons. The van der Waals surface area contributed by atoms with E-state index in [0.717, 1.165) is 0 Å². The number of alkyl carbamates (subject to hydrolysis) is 1. The largest absolute Gasteiger partial charge is 0.468 e. The summed E-state index contributed by atoms with van der Waals surface area (Å²) in [6, 6.07) is 20.2. The number of rotatable bonds is 9. The number of hydrogen-bond donors (Lipinski definition) is 3. The maximum Gasteiger partial charge on any atom is 0.408 e. The monoisotopic (exact) mass is 527 g/mol. The van der Waals surface area contributed by atoms with Crippen LogP contribution < -0.4 is 20.7 Å². The first kappa shape index (κ1) is 26.5. The molecule has 11 heteroatoms. The van der Waals surface area contributed by atoms with Gasteiger partial charge in [0.1, 0.15) is 24.3 Å². The highest BCUT2D eigenvalue weighted by atomic mass is 19.4. The van der Waals surface area contributed by atoms with E-state index in [4.69, 9.17) is 9.47 Å². The van der Waals surface area contributed by atoms with Gasteiger partial charge in [0.25, 0.3) is 5.91 Å². The van der Waals surface area contributed by atoms with Crippen LogP contribution in [0, 0.1) is 0 Å². The van der Waals surface area contributed by atoms with Crippen LogP contribution in [0.25, 0.3) is 0 Å². The molecule has 0 spiro atoms. The van der Waals surface area contributed by atoms with E-state index in [-0.39, 0.29) is 12.2 Å². The van der Waals surface area contributed by atoms with Gasteiger partial charge in [-0.2, -0.15) is 13.2 Å². The van der Waals surface area contributed by atoms with Gasteiger partial charge in [0.2, 0.25) is 12.1 Å². The van der Waals surface area contributed by atoms with Gasteiger partial charge in [-0.05, 0) is 23.3 Å². The Kier molecular flexibility index (Phi) is 8.15. The highest BCUT2D eigenvalue weighted by molar-refractivity contribution is 5.95. The number of amides is 3. The van der Waals surface area contributed by atoms with Crippen molar-refractivity contribution >= 4 is 17.9 Å². The van der Waals surface area contributed by atoms with Gasteiger partial charge >= 0.3 is 12.3 Å². The number of benzene rings is 3. The fourth-order valence-electron chi connectivity index (χ4n) is 3.90. The van der Waals surface area contributed by atoms with E-state index in [9.17, 15) is 27.6 Å². The minimum atomic E-state index is -4.93. The van der Waals surface area contributed by atoms with Crippen molar-refractivity contribution < 1.29 is 37.0 Å². The number of halogens is 3. The third kappa shape index (κ3) is 6.61. The molecule has 8 nitrogen and oxygen atoms in total. The van der Waals surface area contributed by atoms with Crippen LogP contribution in [0.5, 0.6) is 5.75 Å². The van der Waals surface area contributed by atoms with Crippen molar-refractivity contribution in [3.63, 3.8) is 0 Å². The molecular weight excluding hydrogens is 503 g/mol. The van der Waals surface area contributed by atoms with E-state index in [2.05, 4.69) is 16.0 Å². The molecule has 1 fully saturated rings. The third-order valence-electron chi connectivity index (χ3n) is 5.79. The topological polar surface area (TPSA) is 106 Å². The van der Waals surface area contributed by atoms with Crippen molar-refractivity contribution in [2.45, 2.75) is 37.0 Å². The van der Waals surface area contributed by atoms with Crippen LogP contribution >= 0.6 is 0 Å². The summed E-state index contributed by atoms with van der Waals surface area (Å²) < 4.78 is 53.6. The maximum atomic E-state index is 14.3. The lowest BCUT2D eigenvalue weighted by atomic mass is 9.89. The van der Waals surface area contributed by atoms with Crippen LogP contribution in [0.1, 0.15) is 17.0 Å². The number of para-hydroxylation sites is 1. The molecule has 1 aliphatic heterocycles. The lowest BCUT2D eigenvalue weighted by Crippen LogP contribution is -2.72. The molecule has 38 heavy (non-hydrogen) atoms. The highest BCUT2D eigenvalue weighted by Gasteiger charge is 2.51. The summed E-state index contributed by atoms with van der Waals surface area (Å²) >= 11 is 0. The second-order valence-corrected chi connectivity index (χ2v) is 8.46. The van der Waals surface area contributed by atoms with Crippen molar-refractivity contribution in [1.82, 2.24) is 16.0 Å². The molecule has 3 N–H and O–H groups in total. The summed E-state index contributed by atoms with van der Waals surface area (Å²) in [4.78, 5) is 38.0. The zero-order valence-electron chi connectivity index (χ0n) is 19.9. The van der Waals surface area contributed by atoms with E-state index in [1.807, 2.05) is 0 Å². The van der Waals surface area contributed by atoms with Gasteiger partial charge in [0.05, 0.1) is 0 Å². The normalized spacial score (nSPS) is 18.2. The van der Waals surface area contributed by atoms with E-state index in [1.165, 1.54) is 30.3 Å². The Morgan fingerprint density at radius 3 is 2.05 bits per heavy atom. The molecule has 4 atom stereocenters. The first-order valence-corrected chi connectivity index (χ1v) is 11.6. The average molecular weight is 527 g/mol. The number of hydrogen-bond acceptors (Lipinski definition) is 5. The first-order chi connectivity index (χ1) is 18.2. The number of alkyl halides is 3. The number of nitrogens with one attached hydrogen (secondary N) is 3. The summed E-state index contributed by atoms with van der Waals surface area (Å²) in [5, 5.41) is 6.80. The average Bonchev–Trinajstić information content (AvgIpc) is 2.91. The van der Waals surface area contributed by atoms with Crippen LogP contribution in [-0.4, -0.2) is 42.4 Å². The standard InChI is InChI=1S/C27H24F3N3O5/c28-27(29,30)20(18-12-6-2-7-13-18)21(32-26(36)37-16-17-10-4-1-5-11-17)23(34)31-22-24(35)33-25(22)38-19-14-8-3-9-15-19/h1-15,20-22,25H,16H2,(H,31,34)(H,32,36)(H,33,35)/t20?,21-,22+,25-/m0/s1. The summed E-state index contributed by atoms with van der Waals surface area (Å²) in [6.45, 7) is -0.221. The molecular formula is C27H24F3N3O5. The highest BCUT2D eigenvalue weighted by Crippen LogP contribution is 2.38. The number of β-lactam (4-membered cyclic amide) rings is 1. The Morgan fingerprint density at radius 2 is 1.47 bits per heavy atom. The fraction of sp³-hybridized carbons (Fsp3) is 0.222. The SMILES string of the molecule is O=C(N[C@H](C(=O)N[C@@H]1C(=O)N[C@H]1Oc1ccccc1)C(c1ccccc1)C(F)(F)F)OCc1ccccc1. The lowest BCUT2D eigenvalue weighted by molar-refractivity contribution is -0.164. The molecule has 0 bridgehead atoms.